The molecule has 1 N–H and O–H groups in total. The molecule has 0 aliphatic carbocycles. The smallest absolute Gasteiger partial charge is 0.321 e. The highest BCUT2D eigenvalue weighted by molar-refractivity contribution is 7.98. The van der Waals surface area contributed by atoms with E-state index in [1.165, 1.54) is 4.90 Å². The molecular formula is C26H33N5O2S. The van der Waals surface area contributed by atoms with Crippen LogP contribution in [0.2, 0.25) is 0 Å². The number of rotatable bonds is 7. The third-order valence-corrected chi connectivity index (χ3v) is 7.15. The van der Waals surface area contributed by atoms with Crippen LogP contribution in [-0.4, -0.2) is 57.8 Å². The number of piperazine rings is 1. The summed E-state index contributed by atoms with van der Waals surface area (Å²) < 4.78 is 1.85. The van der Waals surface area contributed by atoms with Crippen LogP contribution in [0.5, 0.6) is 0 Å². The van der Waals surface area contributed by atoms with Crippen molar-refractivity contribution < 1.29 is 4.79 Å². The fourth-order valence-corrected chi connectivity index (χ4v) is 5.01. The molecule has 7 nitrogen and oxygen atoms in total. The summed E-state index contributed by atoms with van der Waals surface area (Å²) >= 11 is 1.68. The molecule has 34 heavy (non-hydrogen) atoms. The Bertz CT molecular complexity index is 1190. The minimum absolute atomic E-state index is 0.0337. The largest absolute Gasteiger partial charge is 0.322 e. The van der Waals surface area contributed by atoms with E-state index < -0.39 is 0 Å². The van der Waals surface area contributed by atoms with E-state index >= 15 is 0 Å². The molecule has 180 valence electrons. The van der Waals surface area contributed by atoms with Crippen LogP contribution < -0.4 is 10.9 Å². The van der Waals surface area contributed by atoms with Crippen LogP contribution in [0, 0.1) is 0 Å². The molecule has 0 saturated carbocycles. The van der Waals surface area contributed by atoms with Gasteiger partial charge in [-0.2, -0.15) is 0 Å². The van der Waals surface area contributed by atoms with Gasteiger partial charge in [-0.15, -0.1) is 11.8 Å². The zero-order chi connectivity index (χ0) is 24.1. The Kier molecular flexibility index (Phi) is 7.90. The van der Waals surface area contributed by atoms with Gasteiger partial charge in [-0.1, -0.05) is 26.0 Å². The second-order valence-electron chi connectivity index (χ2n) is 8.55. The summed E-state index contributed by atoms with van der Waals surface area (Å²) in [6.45, 7) is 7.63. The van der Waals surface area contributed by atoms with Crippen LogP contribution in [0.3, 0.4) is 0 Å². The van der Waals surface area contributed by atoms with E-state index in [4.69, 9.17) is 4.98 Å². The van der Waals surface area contributed by atoms with Crippen molar-refractivity contribution in [2.24, 2.45) is 0 Å². The molecular weight excluding hydrogens is 446 g/mol. The lowest BCUT2D eigenvalue weighted by molar-refractivity contribution is 0.105. The Morgan fingerprint density at radius 3 is 2.41 bits per heavy atom. The van der Waals surface area contributed by atoms with Gasteiger partial charge in [0.2, 0.25) is 0 Å². The van der Waals surface area contributed by atoms with Crippen molar-refractivity contribution in [3.05, 3.63) is 64.7 Å². The van der Waals surface area contributed by atoms with Gasteiger partial charge < -0.3 is 10.2 Å². The first-order chi connectivity index (χ1) is 16.5. The quantitative estimate of drug-likeness (QED) is 0.492. The lowest BCUT2D eigenvalue weighted by Gasteiger charge is -2.39. The second-order valence-corrected chi connectivity index (χ2v) is 9.43. The highest BCUT2D eigenvalue weighted by Crippen LogP contribution is 2.25. The number of fused-ring (bicyclic) bond motifs is 1. The minimum Gasteiger partial charge on any atom is -0.322 e. The maximum Gasteiger partial charge on any atom is 0.321 e. The Morgan fingerprint density at radius 1 is 1.06 bits per heavy atom. The van der Waals surface area contributed by atoms with Crippen LogP contribution >= 0.6 is 11.8 Å². The fourth-order valence-electron chi connectivity index (χ4n) is 4.60. The predicted octanol–water partition coefficient (Wildman–Crippen LogP) is 4.83. The molecule has 0 radical (unpaired) electrons. The molecule has 2 heterocycles. The number of urea groups is 1. The molecule has 1 atom stereocenters. The molecule has 1 saturated heterocycles. The van der Waals surface area contributed by atoms with Gasteiger partial charge in [0.05, 0.1) is 16.9 Å². The number of nitrogens with one attached hydrogen (secondary N) is 1. The van der Waals surface area contributed by atoms with Gasteiger partial charge in [0.15, 0.2) is 0 Å². The van der Waals surface area contributed by atoms with E-state index in [2.05, 4.69) is 24.1 Å². The van der Waals surface area contributed by atoms with Crippen molar-refractivity contribution in [3.63, 3.8) is 0 Å². The van der Waals surface area contributed by atoms with Crippen LogP contribution in [-0.2, 0) is 6.54 Å². The number of benzene rings is 2. The Morgan fingerprint density at radius 2 is 1.76 bits per heavy atom. The number of aromatic nitrogens is 2. The molecule has 0 bridgehead atoms. The van der Waals surface area contributed by atoms with Crippen molar-refractivity contribution in [2.75, 3.05) is 37.8 Å². The van der Waals surface area contributed by atoms with Gasteiger partial charge >= 0.3 is 6.03 Å². The first-order valence-electron chi connectivity index (χ1n) is 12.0. The third kappa shape index (κ3) is 5.13. The van der Waals surface area contributed by atoms with Gasteiger partial charge in [-0.3, -0.25) is 14.3 Å². The third-order valence-electron chi connectivity index (χ3n) is 6.41. The topological polar surface area (TPSA) is 70.5 Å². The number of anilines is 1. The van der Waals surface area contributed by atoms with Crippen molar-refractivity contribution in [3.8, 4) is 0 Å². The Hall–Kier alpha value is -2.84. The summed E-state index contributed by atoms with van der Waals surface area (Å²) in [4.78, 5) is 36.4. The van der Waals surface area contributed by atoms with Crippen LogP contribution in [0.4, 0.5) is 10.5 Å². The van der Waals surface area contributed by atoms with Crippen LogP contribution in [0.1, 0.15) is 38.6 Å². The summed E-state index contributed by atoms with van der Waals surface area (Å²) in [5, 5.41) is 3.68. The molecule has 3 aromatic rings. The molecule has 2 aromatic carbocycles. The van der Waals surface area contributed by atoms with E-state index in [-0.39, 0.29) is 17.6 Å². The van der Waals surface area contributed by atoms with Crippen molar-refractivity contribution in [2.45, 2.75) is 44.2 Å². The molecule has 1 unspecified atom stereocenters. The van der Waals surface area contributed by atoms with E-state index in [1.54, 1.807) is 11.8 Å². The number of nitrogens with zero attached hydrogens (tertiary/aromatic N) is 4. The van der Waals surface area contributed by atoms with Gasteiger partial charge in [-0.25, -0.2) is 9.78 Å². The monoisotopic (exact) mass is 479 g/mol. The second kappa shape index (κ2) is 11.1. The van der Waals surface area contributed by atoms with E-state index in [0.29, 0.717) is 25.0 Å². The lowest BCUT2D eigenvalue weighted by atomic mass is 10.1. The molecule has 0 spiro atoms. The minimum atomic E-state index is -0.0729. The molecule has 8 heteroatoms. The number of carbonyl (C=O) groups excluding carboxylic acids is 1. The van der Waals surface area contributed by atoms with Crippen molar-refractivity contribution >= 4 is 34.4 Å². The van der Waals surface area contributed by atoms with Gasteiger partial charge in [0.1, 0.15) is 5.82 Å². The average Bonchev–Trinajstić information content (AvgIpc) is 2.87. The molecule has 1 fully saturated rings. The van der Waals surface area contributed by atoms with Crippen LogP contribution in [0.15, 0.2) is 58.2 Å². The van der Waals surface area contributed by atoms with Crippen LogP contribution in [0.25, 0.3) is 10.9 Å². The normalized spacial score (nSPS) is 15.4. The van der Waals surface area contributed by atoms with Gasteiger partial charge in [0.25, 0.3) is 5.56 Å². The number of thioether (sulfide) groups is 1. The van der Waals surface area contributed by atoms with Gasteiger partial charge in [0, 0.05) is 43.3 Å². The van der Waals surface area contributed by atoms with E-state index in [1.807, 2.05) is 64.3 Å². The first-order valence-corrected chi connectivity index (χ1v) is 13.2. The molecule has 1 aliphatic heterocycles. The molecule has 1 aromatic heterocycles. The zero-order valence-corrected chi connectivity index (χ0v) is 21.0. The standard InChI is InChI=1S/C26H33N5O2S/c1-4-14-31-24(28-22-9-7-6-8-21(22)25(31)32)23(5-2)29-15-17-30(18-16-29)26(33)27-19-10-12-20(34-3)13-11-19/h6-13,23H,4-5,14-18H2,1-3H3,(H,27,33). The summed E-state index contributed by atoms with van der Waals surface area (Å²) in [6.07, 6.45) is 3.75. The average molecular weight is 480 g/mol. The number of amides is 2. The Balaban J connectivity index is 1.48. The number of para-hydroxylation sites is 1. The van der Waals surface area contributed by atoms with E-state index in [9.17, 15) is 9.59 Å². The maximum atomic E-state index is 13.2. The van der Waals surface area contributed by atoms with Crippen molar-refractivity contribution in [1.29, 1.82) is 0 Å². The summed E-state index contributed by atoms with van der Waals surface area (Å²) in [7, 11) is 0. The van der Waals surface area contributed by atoms with Gasteiger partial charge in [-0.05, 0) is 55.5 Å². The fraction of sp³-hybridized carbons (Fsp3) is 0.423. The summed E-state index contributed by atoms with van der Waals surface area (Å²) in [5.41, 5.74) is 1.59. The highest BCUT2D eigenvalue weighted by atomic mass is 32.2. The number of hydrogen-bond donors (Lipinski definition) is 1. The SMILES string of the molecule is CCCn1c(C(CC)N2CCN(C(=O)Nc3ccc(SC)cc3)CC2)nc2ccccc2c1=O. The highest BCUT2D eigenvalue weighted by Gasteiger charge is 2.29. The predicted molar refractivity (Wildman–Crippen MR) is 140 cm³/mol. The summed E-state index contributed by atoms with van der Waals surface area (Å²) in [6, 6.07) is 15.4. The first kappa shape index (κ1) is 24.3. The molecule has 1 aliphatic rings. The van der Waals surface area contributed by atoms with Crippen molar-refractivity contribution in [1.82, 2.24) is 19.4 Å². The zero-order valence-electron chi connectivity index (χ0n) is 20.2. The maximum absolute atomic E-state index is 13.2. The Labute approximate surface area is 205 Å². The van der Waals surface area contributed by atoms with E-state index in [0.717, 1.165) is 43.0 Å². The number of carbonyl (C=O) groups is 1. The summed E-state index contributed by atoms with van der Waals surface area (Å²) in [5.74, 6) is 0.833. The molecule has 2 amide bonds. The number of hydrogen-bond acceptors (Lipinski definition) is 5. The molecule has 4 rings (SSSR count). The lowest BCUT2D eigenvalue weighted by Crippen LogP contribution is -2.51.